The van der Waals surface area contributed by atoms with Crippen LogP contribution >= 0.6 is 0 Å². The molecule has 1 aromatic heterocycles. The van der Waals surface area contributed by atoms with Crippen LogP contribution in [0.25, 0.3) is 0 Å². The molecule has 20 heavy (non-hydrogen) atoms. The van der Waals surface area contributed by atoms with Gasteiger partial charge in [0.25, 0.3) is 11.9 Å². The average molecular weight is 296 g/mol. The number of aromatic nitrogens is 1. The van der Waals surface area contributed by atoms with E-state index in [1.807, 2.05) is 0 Å². The fourth-order valence-corrected chi connectivity index (χ4v) is 1.80. The molecule has 0 saturated heterocycles. The molecule has 1 heterocycles. The van der Waals surface area contributed by atoms with Crippen LogP contribution in [-0.2, 0) is 9.47 Å². The lowest BCUT2D eigenvalue weighted by Gasteiger charge is -2.31. The Morgan fingerprint density at radius 1 is 1.05 bits per heavy atom. The highest BCUT2D eigenvalue weighted by Gasteiger charge is 2.28. The van der Waals surface area contributed by atoms with Crippen molar-refractivity contribution in [1.29, 1.82) is 0 Å². The van der Waals surface area contributed by atoms with Crippen LogP contribution in [-0.4, -0.2) is 45.0 Å². The minimum absolute atomic E-state index is 0.0394. The van der Waals surface area contributed by atoms with E-state index in [-0.39, 0.29) is 19.8 Å². The van der Waals surface area contributed by atoms with Gasteiger partial charge in [-0.3, -0.25) is 0 Å². The van der Waals surface area contributed by atoms with Crippen molar-refractivity contribution in [2.45, 2.75) is 13.0 Å². The number of halogens is 4. The van der Waals surface area contributed by atoms with Crippen molar-refractivity contribution in [3.05, 3.63) is 23.5 Å². The summed E-state index contributed by atoms with van der Waals surface area (Å²) in [7, 11) is 2.81. The second-order valence-corrected chi connectivity index (χ2v) is 4.16. The number of nitrogens with zero attached hydrogens (tertiary/aromatic N) is 2. The third-order valence-corrected chi connectivity index (χ3v) is 2.74. The molecule has 114 valence electrons. The van der Waals surface area contributed by atoms with Gasteiger partial charge in [0.2, 0.25) is 11.6 Å². The van der Waals surface area contributed by atoms with Gasteiger partial charge in [0, 0.05) is 26.8 Å². The Bertz CT molecular complexity index is 433. The number of rotatable bonds is 7. The summed E-state index contributed by atoms with van der Waals surface area (Å²) in [5.74, 6) is -6.46. The fourth-order valence-electron chi connectivity index (χ4n) is 1.80. The maximum atomic E-state index is 13.8. The summed E-state index contributed by atoms with van der Waals surface area (Å²) in [6, 6.07) is -0.514. The predicted molar refractivity (Wildman–Crippen MR) is 64.6 cm³/mol. The topological polar surface area (TPSA) is 34.6 Å². The lowest BCUT2D eigenvalue weighted by molar-refractivity contribution is 0.170. The number of ether oxygens (including phenoxy) is 2. The van der Waals surface area contributed by atoms with Crippen LogP contribution in [0.3, 0.4) is 0 Å². The molecular weight excluding hydrogens is 280 g/mol. The zero-order valence-electron chi connectivity index (χ0n) is 11.4. The van der Waals surface area contributed by atoms with Gasteiger partial charge >= 0.3 is 0 Å². The standard InChI is InChI=1S/C12H16F4N2O2/c1-7(6-20-3)18(4-5-19-2)10-8(13)11(15)17-12(16)9(10)14/h7H,4-6H2,1-3H3. The largest absolute Gasteiger partial charge is 0.383 e. The molecule has 8 heteroatoms. The Morgan fingerprint density at radius 2 is 1.60 bits per heavy atom. The van der Waals surface area contributed by atoms with Crippen LogP contribution in [0.5, 0.6) is 0 Å². The molecule has 1 unspecified atom stereocenters. The number of hydrogen-bond donors (Lipinski definition) is 0. The quantitative estimate of drug-likeness (QED) is 0.570. The highest BCUT2D eigenvalue weighted by atomic mass is 19.2. The van der Waals surface area contributed by atoms with Crippen LogP contribution in [0.4, 0.5) is 23.2 Å². The second-order valence-electron chi connectivity index (χ2n) is 4.16. The first kappa shape index (κ1) is 16.6. The first-order chi connectivity index (χ1) is 9.43. The van der Waals surface area contributed by atoms with Gasteiger partial charge in [-0.05, 0) is 6.92 Å². The number of anilines is 1. The molecule has 1 aromatic rings. The van der Waals surface area contributed by atoms with Crippen molar-refractivity contribution in [2.24, 2.45) is 0 Å². The van der Waals surface area contributed by atoms with E-state index in [1.54, 1.807) is 6.92 Å². The molecule has 0 aromatic carbocycles. The Hall–Kier alpha value is -1.41. The molecule has 4 nitrogen and oxygen atoms in total. The zero-order chi connectivity index (χ0) is 15.3. The molecule has 0 aliphatic rings. The molecule has 0 aliphatic carbocycles. The van der Waals surface area contributed by atoms with Crippen LogP contribution in [0, 0.1) is 23.5 Å². The maximum absolute atomic E-state index is 13.8. The van der Waals surface area contributed by atoms with E-state index in [4.69, 9.17) is 9.47 Å². The van der Waals surface area contributed by atoms with Gasteiger partial charge in [0.15, 0.2) is 0 Å². The average Bonchev–Trinajstić information content (AvgIpc) is 2.40. The molecule has 0 amide bonds. The lowest BCUT2D eigenvalue weighted by atomic mass is 10.2. The van der Waals surface area contributed by atoms with Crippen molar-refractivity contribution in [1.82, 2.24) is 4.98 Å². The van der Waals surface area contributed by atoms with Gasteiger partial charge in [-0.15, -0.1) is 0 Å². The van der Waals surface area contributed by atoms with Crippen molar-refractivity contribution in [2.75, 3.05) is 38.9 Å². The van der Waals surface area contributed by atoms with Crippen LogP contribution in [0.15, 0.2) is 0 Å². The van der Waals surface area contributed by atoms with Gasteiger partial charge in [-0.2, -0.15) is 22.5 Å². The van der Waals surface area contributed by atoms with Gasteiger partial charge < -0.3 is 14.4 Å². The molecule has 1 atom stereocenters. The lowest BCUT2D eigenvalue weighted by Crippen LogP contribution is -2.40. The Kier molecular flexibility index (Phi) is 6.15. The van der Waals surface area contributed by atoms with Gasteiger partial charge in [0.1, 0.15) is 5.69 Å². The van der Waals surface area contributed by atoms with Gasteiger partial charge in [0.05, 0.1) is 13.2 Å². The predicted octanol–water partition coefficient (Wildman–Crippen LogP) is 2.13. The SMILES string of the molecule is COCCN(c1c(F)c(F)nc(F)c1F)C(C)COC. The fraction of sp³-hybridized carbons (Fsp3) is 0.583. The summed E-state index contributed by atoms with van der Waals surface area (Å²) in [6.07, 6.45) is 0. The summed E-state index contributed by atoms with van der Waals surface area (Å²) < 4.78 is 63.6. The van der Waals surface area contributed by atoms with Crippen LogP contribution < -0.4 is 4.90 Å². The molecule has 0 bridgehead atoms. The minimum atomic E-state index is -1.69. The number of methoxy groups -OCH3 is 2. The first-order valence-corrected chi connectivity index (χ1v) is 5.88. The summed E-state index contributed by atoms with van der Waals surface area (Å²) >= 11 is 0. The number of hydrogen-bond acceptors (Lipinski definition) is 4. The normalized spacial score (nSPS) is 12.6. The van der Waals surface area contributed by atoms with E-state index in [2.05, 4.69) is 4.98 Å². The van der Waals surface area contributed by atoms with E-state index in [1.165, 1.54) is 14.2 Å². The third-order valence-electron chi connectivity index (χ3n) is 2.74. The highest BCUT2D eigenvalue weighted by Crippen LogP contribution is 2.27. The minimum Gasteiger partial charge on any atom is -0.383 e. The van der Waals surface area contributed by atoms with Crippen LogP contribution in [0.2, 0.25) is 0 Å². The van der Waals surface area contributed by atoms with E-state index in [9.17, 15) is 17.6 Å². The van der Waals surface area contributed by atoms with Crippen molar-refractivity contribution in [3.63, 3.8) is 0 Å². The Balaban J connectivity index is 3.25. The second kappa shape index (κ2) is 7.39. The molecule has 1 rings (SSSR count). The van der Waals surface area contributed by atoms with E-state index in [0.29, 0.717) is 0 Å². The Labute approximate surface area is 114 Å². The third kappa shape index (κ3) is 3.57. The van der Waals surface area contributed by atoms with Crippen LogP contribution in [0.1, 0.15) is 6.92 Å². The summed E-state index contributed by atoms with van der Waals surface area (Å²) in [5.41, 5.74) is -0.809. The molecule has 0 aliphatic heterocycles. The summed E-state index contributed by atoms with van der Waals surface area (Å²) in [6.45, 7) is 1.89. The van der Waals surface area contributed by atoms with Crippen molar-refractivity contribution in [3.8, 4) is 0 Å². The van der Waals surface area contributed by atoms with E-state index in [0.717, 1.165) is 4.90 Å². The van der Waals surface area contributed by atoms with Gasteiger partial charge in [-0.25, -0.2) is 0 Å². The number of pyridine rings is 1. The molecule has 0 radical (unpaired) electrons. The van der Waals surface area contributed by atoms with Gasteiger partial charge in [-0.1, -0.05) is 0 Å². The molecular formula is C12H16F4N2O2. The van der Waals surface area contributed by atoms with E-state index < -0.39 is 35.3 Å². The maximum Gasteiger partial charge on any atom is 0.253 e. The highest BCUT2D eigenvalue weighted by molar-refractivity contribution is 5.49. The van der Waals surface area contributed by atoms with Crippen molar-refractivity contribution < 1.29 is 27.0 Å². The smallest absolute Gasteiger partial charge is 0.253 e. The molecule has 0 saturated carbocycles. The van der Waals surface area contributed by atoms with E-state index >= 15 is 0 Å². The molecule has 0 N–H and O–H groups in total. The van der Waals surface area contributed by atoms with Crippen molar-refractivity contribution >= 4 is 5.69 Å². The molecule has 0 spiro atoms. The molecule has 0 fully saturated rings. The monoisotopic (exact) mass is 296 g/mol. The first-order valence-electron chi connectivity index (χ1n) is 5.88. The summed E-state index contributed by atoms with van der Waals surface area (Å²) in [5, 5.41) is 0. The summed E-state index contributed by atoms with van der Waals surface area (Å²) in [4.78, 5) is 3.67. The Morgan fingerprint density at radius 3 is 2.05 bits per heavy atom. The zero-order valence-corrected chi connectivity index (χ0v) is 11.4.